The van der Waals surface area contributed by atoms with Crippen molar-refractivity contribution >= 4 is 38.9 Å². The molecule has 120 valence electrons. The molecule has 0 spiro atoms. The summed E-state index contributed by atoms with van der Waals surface area (Å²) in [6.45, 7) is 4.91. The zero-order valence-corrected chi connectivity index (χ0v) is 16.1. The Morgan fingerprint density at radius 2 is 0.773 bits per heavy atom. The molecule has 0 rings (SSSR count). The molecule has 0 aliphatic carbocycles. The van der Waals surface area contributed by atoms with Gasteiger partial charge in [-0.2, -0.15) is 0 Å². The van der Waals surface area contributed by atoms with Crippen molar-refractivity contribution in [2.24, 2.45) is 0 Å². The van der Waals surface area contributed by atoms with Gasteiger partial charge in [0.25, 0.3) is 23.9 Å². The standard InChI is InChI=1S/C8H12O8Si.C2H4O2.Na/c1-5(9)13-17(14-6(2)10,15-7(3)11)16-8(4)12;1-2(3)4;/h1-4H3;1H3,(H,3,4);/q;;+1/p-1. The van der Waals surface area contributed by atoms with E-state index in [2.05, 4.69) is 17.7 Å². The van der Waals surface area contributed by atoms with E-state index in [1.54, 1.807) is 0 Å². The number of carboxylic acid groups (broad SMARTS) is 1. The van der Waals surface area contributed by atoms with Crippen LogP contribution in [0.1, 0.15) is 34.6 Å². The van der Waals surface area contributed by atoms with Gasteiger partial charge < -0.3 is 27.6 Å². The Hall–Kier alpha value is -1.43. The van der Waals surface area contributed by atoms with Gasteiger partial charge in [-0.15, -0.1) is 0 Å². The average Bonchev–Trinajstić information content (AvgIpc) is 2.08. The second-order valence-electron chi connectivity index (χ2n) is 3.37. The minimum atomic E-state index is -4.45. The summed E-state index contributed by atoms with van der Waals surface area (Å²) in [5.74, 6) is -4.75. The van der Waals surface area contributed by atoms with Crippen LogP contribution in [0.25, 0.3) is 0 Å². The minimum Gasteiger partial charge on any atom is -0.550 e. The number of hydrogen-bond donors (Lipinski definition) is 0. The molecule has 0 unspecified atom stereocenters. The molecule has 0 saturated carbocycles. The molecule has 0 aliphatic rings. The zero-order valence-electron chi connectivity index (χ0n) is 13.1. The Balaban J connectivity index is -0.000000640. The van der Waals surface area contributed by atoms with Crippen LogP contribution in [0.2, 0.25) is 0 Å². The summed E-state index contributed by atoms with van der Waals surface area (Å²) >= 11 is 0. The molecule has 0 fully saturated rings. The van der Waals surface area contributed by atoms with E-state index < -0.39 is 38.9 Å². The topological polar surface area (TPSA) is 145 Å². The smallest absolute Gasteiger partial charge is 0.550 e. The predicted molar refractivity (Wildman–Crippen MR) is 63.5 cm³/mol. The first-order valence-corrected chi connectivity index (χ1v) is 6.99. The molecular weight excluding hydrogens is 331 g/mol. The van der Waals surface area contributed by atoms with Crippen LogP contribution in [-0.4, -0.2) is 38.9 Å². The molecule has 0 amide bonds. The molecule has 0 aromatic carbocycles. The van der Waals surface area contributed by atoms with Crippen molar-refractivity contribution in [2.75, 3.05) is 0 Å². The molecule has 12 heteroatoms. The molecule has 0 aromatic heterocycles. The summed E-state index contributed by atoms with van der Waals surface area (Å²) in [6.07, 6.45) is 0. The van der Waals surface area contributed by atoms with Gasteiger partial charge in [0.2, 0.25) is 0 Å². The maximum Gasteiger partial charge on any atom is 1.00 e. The van der Waals surface area contributed by atoms with Crippen molar-refractivity contribution in [3.05, 3.63) is 0 Å². The first-order valence-electron chi connectivity index (χ1n) is 5.36. The second kappa shape index (κ2) is 12.1. The summed E-state index contributed by atoms with van der Waals surface area (Å²) in [5.41, 5.74) is 0. The Kier molecular flexibility index (Phi) is 14.1. The van der Waals surface area contributed by atoms with Gasteiger partial charge in [0, 0.05) is 33.7 Å². The van der Waals surface area contributed by atoms with E-state index in [0.717, 1.165) is 34.6 Å². The van der Waals surface area contributed by atoms with Gasteiger partial charge in [-0.3, -0.25) is 19.2 Å². The van der Waals surface area contributed by atoms with Crippen molar-refractivity contribution in [1.29, 1.82) is 0 Å². The third-order valence-electron chi connectivity index (χ3n) is 1.07. The van der Waals surface area contributed by atoms with Crippen LogP contribution in [0.5, 0.6) is 0 Å². The minimum absolute atomic E-state index is 0. The molecular formula is C10H15NaO10Si. The average molecular weight is 346 g/mol. The van der Waals surface area contributed by atoms with Gasteiger partial charge in [0.1, 0.15) is 0 Å². The van der Waals surface area contributed by atoms with Crippen molar-refractivity contribution in [3.63, 3.8) is 0 Å². The first kappa shape index (κ1) is 25.5. The maximum absolute atomic E-state index is 10.8. The fourth-order valence-corrected chi connectivity index (χ4v) is 2.49. The molecule has 0 atom stereocenters. The summed E-state index contributed by atoms with van der Waals surface area (Å²) < 4.78 is 18.2. The monoisotopic (exact) mass is 346 g/mol. The molecule has 0 N–H and O–H groups in total. The van der Waals surface area contributed by atoms with E-state index in [1.165, 1.54) is 0 Å². The second-order valence-corrected chi connectivity index (χ2v) is 5.18. The van der Waals surface area contributed by atoms with Crippen LogP contribution >= 0.6 is 0 Å². The van der Waals surface area contributed by atoms with Crippen LogP contribution < -0.4 is 34.7 Å². The van der Waals surface area contributed by atoms with Crippen LogP contribution in [0.15, 0.2) is 0 Å². The Labute approximate surface area is 149 Å². The van der Waals surface area contributed by atoms with Gasteiger partial charge in [-0.25, -0.2) is 0 Å². The van der Waals surface area contributed by atoms with E-state index in [4.69, 9.17) is 9.90 Å². The Morgan fingerprint density at radius 3 is 0.864 bits per heavy atom. The summed E-state index contributed by atoms with van der Waals surface area (Å²) in [7, 11) is -4.45. The van der Waals surface area contributed by atoms with E-state index >= 15 is 0 Å². The largest absolute Gasteiger partial charge is 1.00 e. The van der Waals surface area contributed by atoms with Gasteiger partial charge in [-0.1, -0.05) is 0 Å². The van der Waals surface area contributed by atoms with E-state index in [1.807, 2.05) is 0 Å². The maximum atomic E-state index is 10.8. The number of rotatable bonds is 4. The molecule has 0 aliphatic heterocycles. The quantitative estimate of drug-likeness (QED) is 0.456. The third kappa shape index (κ3) is 16.6. The molecule has 0 aromatic rings. The predicted octanol–water partition coefficient (Wildman–Crippen LogP) is -4.57. The Bertz CT molecular complexity index is 362. The number of carbonyl (C=O) groups is 5. The van der Waals surface area contributed by atoms with E-state index in [-0.39, 0.29) is 29.6 Å². The number of carbonyl (C=O) groups excluding carboxylic acids is 5. The zero-order chi connectivity index (χ0) is 17.2. The van der Waals surface area contributed by atoms with E-state index in [0.29, 0.717) is 0 Å². The fraction of sp³-hybridized carbons (Fsp3) is 0.500. The van der Waals surface area contributed by atoms with Gasteiger partial charge in [-0.05, 0) is 6.92 Å². The van der Waals surface area contributed by atoms with E-state index in [9.17, 15) is 19.2 Å². The van der Waals surface area contributed by atoms with Crippen LogP contribution in [0.3, 0.4) is 0 Å². The number of hydrogen-bond acceptors (Lipinski definition) is 10. The summed E-state index contributed by atoms with van der Waals surface area (Å²) in [4.78, 5) is 52.3. The van der Waals surface area contributed by atoms with Crippen molar-refractivity contribution in [2.45, 2.75) is 34.6 Å². The van der Waals surface area contributed by atoms with Crippen LogP contribution in [0.4, 0.5) is 0 Å². The fourth-order valence-electron chi connectivity index (χ4n) is 0.829. The van der Waals surface area contributed by atoms with Crippen LogP contribution in [0, 0.1) is 0 Å². The molecule has 0 bridgehead atoms. The van der Waals surface area contributed by atoms with Crippen molar-refractivity contribution in [1.82, 2.24) is 0 Å². The Morgan fingerprint density at radius 1 is 0.636 bits per heavy atom. The normalized spacial score (nSPS) is 8.95. The van der Waals surface area contributed by atoms with Gasteiger partial charge in [0.05, 0.1) is 0 Å². The van der Waals surface area contributed by atoms with Crippen molar-refractivity contribution in [3.8, 4) is 0 Å². The summed E-state index contributed by atoms with van der Waals surface area (Å²) in [5, 5.41) is 8.89. The molecule has 0 heterocycles. The number of aliphatic carboxylic acids is 1. The third-order valence-corrected chi connectivity index (χ3v) is 3.22. The number of carboxylic acids is 1. The van der Waals surface area contributed by atoms with Crippen molar-refractivity contribution < 1.29 is 76.3 Å². The molecule has 22 heavy (non-hydrogen) atoms. The van der Waals surface area contributed by atoms with Crippen LogP contribution in [-0.2, 0) is 41.7 Å². The molecule has 10 nitrogen and oxygen atoms in total. The molecule has 0 saturated heterocycles. The van der Waals surface area contributed by atoms with Gasteiger partial charge in [0.15, 0.2) is 0 Å². The first-order chi connectivity index (χ1) is 9.40. The summed E-state index contributed by atoms with van der Waals surface area (Å²) in [6, 6.07) is 0. The SMILES string of the molecule is CC(=O)O[Si](OC(C)=O)(OC(C)=O)OC(C)=O.CC(=O)[O-].[Na+]. The van der Waals surface area contributed by atoms with Gasteiger partial charge >= 0.3 is 38.6 Å². The molecule has 0 radical (unpaired) electrons.